The van der Waals surface area contributed by atoms with E-state index in [-0.39, 0.29) is 17.5 Å². The molecule has 1 aliphatic rings. The SMILES string of the molecule is CNc1nc2sccn2c1S(=O)(=O)N1CCNC(=O)C1C. The number of nitrogens with zero attached hydrogens (tertiary/aromatic N) is 3. The van der Waals surface area contributed by atoms with Gasteiger partial charge in [-0.25, -0.2) is 13.4 Å². The standard InChI is InChI=1S/C11H15N5O3S2/c1-7-9(17)13-3-4-16(7)21(18,19)10-8(12-2)14-11-15(10)5-6-20-11/h5-7,12H,3-4H2,1-2H3,(H,13,17). The summed E-state index contributed by atoms with van der Waals surface area (Å²) < 4.78 is 28.6. The summed E-state index contributed by atoms with van der Waals surface area (Å²) in [6, 6.07) is -0.738. The van der Waals surface area contributed by atoms with Crippen LogP contribution in [0.2, 0.25) is 0 Å². The second-order valence-corrected chi connectivity index (χ2v) is 7.33. The van der Waals surface area contributed by atoms with Crippen LogP contribution in [-0.4, -0.2) is 54.2 Å². The molecule has 1 amide bonds. The molecule has 0 aliphatic carbocycles. The third kappa shape index (κ3) is 2.10. The normalized spacial score (nSPS) is 20.7. The molecule has 2 aromatic rings. The zero-order valence-electron chi connectivity index (χ0n) is 11.5. The quantitative estimate of drug-likeness (QED) is 0.823. The predicted octanol–water partition coefficient (Wildman–Crippen LogP) is -0.0535. The molecule has 114 valence electrons. The number of sulfonamides is 1. The molecule has 0 spiro atoms. The number of hydrogen-bond donors (Lipinski definition) is 2. The number of rotatable bonds is 3. The minimum atomic E-state index is -3.82. The molecule has 1 atom stereocenters. The van der Waals surface area contributed by atoms with E-state index >= 15 is 0 Å². The van der Waals surface area contributed by atoms with Crippen molar-refractivity contribution >= 4 is 38.0 Å². The number of thiazole rings is 1. The summed E-state index contributed by atoms with van der Waals surface area (Å²) in [5.41, 5.74) is 0. The van der Waals surface area contributed by atoms with Crippen LogP contribution in [0.1, 0.15) is 6.92 Å². The smallest absolute Gasteiger partial charge is 0.263 e. The molecule has 1 fully saturated rings. The highest BCUT2D eigenvalue weighted by atomic mass is 32.2. The Morgan fingerprint density at radius 2 is 2.29 bits per heavy atom. The van der Waals surface area contributed by atoms with Gasteiger partial charge in [0.2, 0.25) is 5.91 Å². The lowest BCUT2D eigenvalue weighted by Gasteiger charge is -2.31. The summed E-state index contributed by atoms with van der Waals surface area (Å²) in [5.74, 6) is 0.00180. The van der Waals surface area contributed by atoms with Crippen molar-refractivity contribution in [3.05, 3.63) is 11.6 Å². The summed E-state index contributed by atoms with van der Waals surface area (Å²) >= 11 is 1.35. The van der Waals surface area contributed by atoms with Crippen LogP contribution < -0.4 is 10.6 Å². The Balaban J connectivity index is 2.15. The minimum absolute atomic E-state index is 0.0720. The van der Waals surface area contributed by atoms with Gasteiger partial charge in [-0.15, -0.1) is 11.3 Å². The van der Waals surface area contributed by atoms with E-state index in [1.165, 1.54) is 20.0 Å². The average molecular weight is 329 g/mol. The summed E-state index contributed by atoms with van der Waals surface area (Å²) in [7, 11) is -2.20. The number of aromatic nitrogens is 2. The Hall–Kier alpha value is -1.65. The molecule has 3 rings (SSSR count). The largest absolute Gasteiger partial charge is 0.371 e. The highest BCUT2D eigenvalue weighted by molar-refractivity contribution is 7.89. The zero-order chi connectivity index (χ0) is 15.2. The van der Waals surface area contributed by atoms with Gasteiger partial charge in [0, 0.05) is 31.7 Å². The average Bonchev–Trinajstić information content (AvgIpc) is 3.00. The summed E-state index contributed by atoms with van der Waals surface area (Å²) in [5, 5.41) is 7.31. The van der Waals surface area contributed by atoms with Crippen molar-refractivity contribution in [1.82, 2.24) is 19.0 Å². The second kappa shape index (κ2) is 4.97. The fraction of sp³-hybridized carbons (Fsp3) is 0.455. The van der Waals surface area contributed by atoms with Gasteiger partial charge in [0.1, 0.15) is 6.04 Å². The molecule has 0 radical (unpaired) electrons. The number of carbonyl (C=O) groups excluding carboxylic acids is 1. The number of piperazine rings is 1. The van der Waals surface area contributed by atoms with Gasteiger partial charge in [-0.1, -0.05) is 0 Å². The molecule has 1 saturated heterocycles. The maximum atomic E-state index is 12.9. The third-order valence-electron chi connectivity index (χ3n) is 3.45. The fourth-order valence-electron chi connectivity index (χ4n) is 2.38. The Morgan fingerprint density at radius 3 is 3.00 bits per heavy atom. The molecule has 10 heteroatoms. The van der Waals surface area contributed by atoms with Gasteiger partial charge in [0.15, 0.2) is 15.8 Å². The van der Waals surface area contributed by atoms with Crippen LogP contribution in [-0.2, 0) is 14.8 Å². The van der Waals surface area contributed by atoms with Gasteiger partial charge < -0.3 is 10.6 Å². The van der Waals surface area contributed by atoms with Crippen LogP contribution in [0.25, 0.3) is 4.96 Å². The van der Waals surface area contributed by atoms with Gasteiger partial charge in [0.05, 0.1) is 0 Å². The van der Waals surface area contributed by atoms with Crippen molar-refractivity contribution in [1.29, 1.82) is 0 Å². The lowest BCUT2D eigenvalue weighted by Crippen LogP contribution is -2.55. The van der Waals surface area contributed by atoms with Crippen molar-refractivity contribution in [3.8, 4) is 0 Å². The van der Waals surface area contributed by atoms with Gasteiger partial charge >= 0.3 is 0 Å². The fourth-order valence-corrected chi connectivity index (χ4v) is 5.00. The van der Waals surface area contributed by atoms with E-state index < -0.39 is 16.1 Å². The number of hydrogen-bond acceptors (Lipinski definition) is 6. The molecule has 0 saturated carbocycles. The van der Waals surface area contributed by atoms with Crippen LogP contribution in [0.5, 0.6) is 0 Å². The number of nitrogens with one attached hydrogen (secondary N) is 2. The lowest BCUT2D eigenvalue weighted by atomic mass is 10.2. The first-order chi connectivity index (χ1) is 9.96. The molecule has 0 bridgehead atoms. The molecule has 0 aromatic carbocycles. The molecule has 2 N–H and O–H groups in total. The molecule has 21 heavy (non-hydrogen) atoms. The minimum Gasteiger partial charge on any atom is -0.371 e. The lowest BCUT2D eigenvalue weighted by molar-refractivity contribution is -0.126. The van der Waals surface area contributed by atoms with E-state index in [4.69, 9.17) is 0 Å². The van der Waals surface area contributed by atoms with Crippen LogP contribution >= 0.6 is 11.3 Å². The topological polar surface area (TPSA) is 95.8 Å². The van der Waals surface area contributed by atoms with Crippen molar-refractivity contribution in [2.24, 2.45) is 0 Å². The number of imidazole rings is 1. The van der Waals surface area contributed by atoms with Gasteiger partial charge in [0.25, 0.3) is 10.0 Å². The van der Waals surface area contributed by atoms with Crippen molar-refractivity contribution in [2.75, 3.05) is 25.5 Å². The van der Waals surface area contributed by atoms with E-state index in [0.717, 1.165) is 0 Å². The Kier molecular flexibility index (Phi) is 3.38. The van der Waals surface area contributed by atoms with Crippen molar-refractivity contribution < 1.29 is 13.2 Å². The van der Waals surface area contributed by atoms with Crippen LogP contribution in [0.15, 0.2) is 16.6 Å². The van der Waals surface area contributed by atoms with Gasteiger partial charge in [-0.05, 0) is 6.92 Å². The molecule has 2 aromatic heterocycles. The summed E-state index contributed by atoms with van der Waals surface area (Å²) in [6.45, 7) is 2.13. The maximum absolute atomic E-state index is 12.9. The number of amides is 1. The molecule has 1 unspecified atom stereocenters. The highest BCUT2D eigenvalue weighted by Gasteiger charge is 2.39. The Bertz CT molecular complexity index is 794. The predicted molar refractivity (Wildman–Crippen MR) is 79.0 cm³/mol. The van der Waals surface area contributed by atoms with Crippen molar-refractivity contribution in [2.45, 2.75) is 18.0 Å². The second-order valence-electron chi connectivity index (χ2n) is 4.65. The van der Waals surface area contributed by atoms with Gasteiger partial charge in [-0.2, -0.15) is 4.31 Å². The first-order valence-electron chi connectivity index (χ1n) is 6.39. The Labute approximate surface area is 125 Å². The number of fused-ring (bicyclic) bond motifs is 1. The van der Waals surface area contributed by atoms with Gasteiger partial charge in [-0.3, -0.25) is 9.20 Å². The highest BCUT2D eigenvalue weighted by Crippen LogP contribution is 2.29. The first-order valence-corrected chi connectivity index (χ1v) is 8.71. The monoisotopic (exact) mass is 329 g/mol. The van der Waals surface area contributed by atoms with E-state index in [1.54, 1.807) is 25.5 Å². The molecule has 3 heterocycles. The number of anilines is 1. The third-order valence-corrected chi connectivity index (χ3v) is 6.20. The molecular weight excluding hydrogens is 314 g/mol. The maximum Gasteiger partial charge on any atom is 0.263 e. The first kappa shape index (κ1) is 14.3. The number of carbonyl (C=O) groups is 1. The zero-order valence-corrected chi connectivity index (χ0v) is 13.2. The summed E-state index contributed by atoms with van der Waals surface area (Å²) in [4.78, 5) is 16.6. The van der Waals surface area contributed by atoms with E-state index in [2.05, 4.69) is 15.6 Å². The van der Waals surface area contributed by atoms with Crippen LogP contribution in [0, 0.1) is 0 Å². The van der Waals surface area contributed by atoms with E-state index in [1.807, 2.05) is 0 Å². The summed E-state index contributed by atoms with van der Waals surface area (Å²) in [6.07, 6.45) is 1.66. The van der Waals surface area contributed by atoms with Crippen LogP contribution in [0.4, 0.5) is 5.82 Å². The van der Waals surface area contributed by atoms with Crippen LogP contribution in [0.3, 0.4) is 0 Å². The van der Waals surface area contributed by atoms with E-state index in [9.17, 15) is 13.2 Å². The van der Waals surface area contributed by atoms with E-state index in [0.29, 0.717) is 17.3 Å². The molecule has 8 nitrogen and oxygen atoms in total. The molecule has 1 aliphatic heterocycles. The molecular formula is C11H15N5O3S2. The van der Waals surface area contributed by atoms with Crippen molar-refractivity contribution in [3.63, 3.8) is 0 Å². The Morgan fingerprint density at radius 1 is 1.52 bits per heavy atom.